The number of rotatable bonds is 6. The number of carbonyl (C=O) groups is 2. The summed E-state index contributed by atoms with van der Waals surface area (Å²) >= 11 is 1.60. The highest BCUT2D eigenvalue weighted by atomic mass is 32.1. The molecule has 0 bridgehead atoms. The van der Waals surface area contributed by atoms with E-state index < -0.39 is 0 Å². The molecule has 1 unspecified atom stereocenters. The van der Waals surface area contributed by atoms with Crippen molar-refractivity contribution in [2.75, 3.05) is 18.4 Å². The van der Waals surface area contributed by atoms with Gasteiger partial charge in [0.1, 0.15) is 11.4 Å². The van der Waals surface area contributed by atoms with Gasteiger partial charge in [0.15, 0.2) is 0 Å². The summed E-state index contributed by atoms with van der Waals surface area (Å²) in [5.41, 5.74) is 2.12. The summed E-state index contributed by atoms with van der Waals surface area (Å²) in [4.78, 5) is 46.3. The molecule has 1 atom stereocenters. The lowest BCUT2D eigenvalue weighted by atomic mass is 9.89. The number of thiophene rings is 1. The van der Waals surface area contributed by atoms with E-state index in [4.69, 9.17) is 0 Å². The van der Waals surface area contributed by atoms with E-state index in [0.717, 1.165) is 29.7 Å². The van der Waals surface area contributed by atoms with Gasteiger partial charge in [-0.1, -0.05) is 6.92 Å². The van der Waals surface area contributed by atoms with Gasteiger partial charge in [-0.2, -0.15) is 0 Å². The number of fused-ring (bicyclic) bond motifs is 3. The third-order valence-corrected chi connectivity index (χ3v) is 7.22. The van der Waals surface area contributed by atoms with Gasteiger partial charge in [-0.15, -0.1) is 11.3 Å². The van der Waals surface area contributed by atoms with Gasteiger partial charge in [0.05, 0.1) is 11.7 Å². The number of aromatic nitrogens is 2. The van der Waals surface area contributed by atoms with E-state index in [0.29, 0.717) is 35.6 Å². The van der Waals surface area contributed by atoms with Gasteiger partial charge in [0.2, 0.25) is 5.91 Å². The molecular weight excluding hydrogens is 424 g/mol. The molecule has 1 aliphatic carbocycles. The van der Waals surface area contributed by atoms with E-state index >= 15 is 0 Å². The summed E-state index contributed by atoms with van der Waals surface area (Å²) in [5, 5.41) is 3.47. The van der Waals surface area contributed by atoms with Crippen molar-refractivity contribution in [3.63, 3.8) is 0 Å². The van der Waals surface area contributed by atoms with Crippen LogP contribution in [0, 0.1) is 5.92 Å². The molecule has 2 heterocycles. The van der Waals surface area contributed by atoms with Crippen molar-refractivity contribution in [2.45, 2.75) is 46.6 Å². The van der Waals surface area contributed by atoms with Crippen LogP contribution < -0.4 is 10.9 Å². The second-order valence-electron chi connectivity index (χ2n) is 8.31. The molecule has 8 heteroatoms. The first-order valence-corrected chi connectivity index (χ1v) is 11.9. The summed E-state index contributed by atoms with van der Waals surface area (Å²) < 4.78 is 1.38. The summed E-state index contributed by atoms with van der Waals surface area (Å²) in [6.45, 7) is 7.30. The average molecular weight is 453 g/mol. The molecule has 0 saturated carbocycles. The first-order chi connectivity index (χ1) is 15.4. The van der Waals surface area contributed by atoms with Gasteiger partial charge >= 0.3 is 0 Å². The number of aryl methyl sites for hydroxylation is 1. The van der Waals surface area contributed by atoms with Crippen molar-refractivity contribution < 1.29 is 9.59 Å². The molecule has 2 amide bonds. The van der Waals surface area contributed by atoms with E-state index in [2.05, 4.69) is 17.2 Å². The number of anilines is 1. The van der Waals surface area contributed by atoms with Crippen molar-refractivity contribution >= 4 is 39.1 Å². The SMILES string of the molecule is CCN(CC)C(=O)c1ccc(NC(=O)Cn2cnc3sc4c(c3c2=O)CCC(C)C4)cc1. The minimum Gasteiger partial charge on any atom is -0.339 e. The molecule has 168 valence electrons. The quantitative estimate of drug-likeness (QED) is 0.618. The molecule has 0 aliphatic heterocycles. The smallest absolute Gasteiger partial charge is 0.262 e. The Hall–Kier alpha value is -3.00. The highest BCUT2D eigenvalue weighted by Gasteiger charge is 2.23. The fourth-order valence-corrected chi connectivity index (χ4v) is 5.56. The fraction of sp³-hybridized carbons (Fsp3) is 0.417. The second kappa shape index (κ2) is 9.24. The number of nitrogens with zero attached hydrogens (tertiary/aromatic N) is 3. The van der Waals surface area contributed by atoms with E-state index in [9.17, 15) is 14.4 Å². The maximum Gasteiger partial charge on any atom is 0.262 e. The monoisotopic (exact) mass is 452 g/mol. The van der Waals surface area contributed by atoms with Gasteiger partial charge in [-0.05, 0) is 68.9 Å². The van der Waals surface area contributed by atoms with Gasteiger partial charge in [0, 0.05) is 29.2 Å². The molecule has 1 aromatic carbocycles. The van der Waals surface area contributed by atoms with Gasteiger partial charge in [0.25, 0.3) is 11.5 Å². The van der Waals surface area contributed by atoms with E-state index in [1.54, 1.807) is 40.5 Å². The fourth-order valence-electron chi connectivity index (χ4n) is 4.22. The minimum atomic E-state index is -0.311. The van der Waals surface area contributed by atoms with Crippen LogP contribution in [-0.4, -0.2) is 39.4 Å². The lowest BCUT2D eigenvalue weighted by molar-refractivity contribution is -0.116. The predicted molar refractivity (Wildman–Crippen MR) is 127 cm³/mol. The Morgan fingerprint density at radius 1 is 1.22 bits per heavy atom. The molecule has 7 nitrogen and oxygen atoms in total. The van der Waals surface area contributed by atoms with Crippen LogP contribution in [0.4, 0.5) is 5.69 Å². The molecule has 1 aliphatic rings. The molecule has 1 N–H and O–H groups in total. The van der Waals surface area contributed by atoms with Crippen LogP contribution in [0.25, 0.3) is 10.2 Å². The molecule has 0 radical (unpaired) electrons. The zero-order valence-electron chi connectivity index (χ0n) is 18.7. The van der Waals surface area contributed by atoms with Crippen LogP contribution in [0.3, 0.4) is 0 Å². The van der Waals surface area contributed by atoms with Crippen LogP contribution in [-0.2, 0) is 24.2 Å². The first kappa shape index (κ1) is 22.2. The van der Waals surface area contributed by atoms with Crippen LogP contribution in [0.1, 0.15) is 48.0 Å². The van der Waals surface area contributed by atoms with E-state index in [-0.39, 0.29) is 23.9 Å². The summed E-state index contributed by atoms with van der Waals surface area (Å²) in [7, 11) is 0. The van der Waals surface area contributed by atoms with Gasteiger partial charge in [-0.3, -0.25) is 19.0 Å². The normalized spacial score (nSPS) is 15.4. The average Bonchev–Trinajstić information content (AvgIpc) is 3.15. The summed E-state index contributed by atoms with van der Waals surface area (Å²) in [6.07, 6.45) is 4.41. The Morgan fingerprint density at radius 3 is 2.62 bits per heavy atom. The second-order valence-corrected chi connectivity index (χ2v) is 9.40. The molecule has 32 heavy (non-hydrogen) atoms. The third kappa shape index (κ3) is 4.32. The third-order valence-electron chi connectivity index (χ3n) is 6.06. The Balaban J connectivity index is 1.48. The van der Waals surface area contributed by atoms with Crippen LogP contribution in [0.2, 0.25) is 0 Å². The highest BCUT2D eigenvalue weighted by Crippen LogP contribution is 2.35. The van der Waals surface area contributed by atoms with E-state index in [1.165, 1.54) is 15.8 Å². The number of benzene rings is 1. The minimum absolute atomic E-state index is 0.0349. The topological polar surface area (TPSA) is 84.3 Å². The van der Waals surface area contributed by atoms with Crippen molar-refractivity contribution in [3.8, 4) is 0 Å². The maximum absolute atomic E-state index is 13.1. The lowest BCUT2D eigenvalue weighted by Crippen LogP contribution is -2.30. The largest absolute Gasteiger partial charge is 0.339 e. The van der Waals surface area contributed by atoms with Gasteiger partial charge < -0.3 is 10.2 Å². The number of hydrogen-bond donors (Lipinski definition) is 1. The number of hydrogen-bond acceptors (Lipinski definition) is 5. The van der Waals surface area contributed by atoms with Crippen molar-refractivity contribution in [3.05, 3.63) is 57.0 Å². The Labute approximate surface area is 191 Å². The zero-order chi connectivity index (χ0) is 22.8. The molecule has 0 saturated heterocycles. The first-order valence-electron chi connectivity index (χ1n) is 11.1. The van der Waals surface area contributed by atoms with Crippen LogP contribution in [0.5, 0.6) is 0 Å². The molecule has 0 fully saturated rings. The molecular formula is C24H28N4O3S. The number of amides is 2. The van der Waals surface area contributed by atoms with Crippen LogP contribution >= 0.6 is 11.3 Å². The molecule has 4 rings (SSSR count). The van der Waals surface area contributed by atoms with Crippen molar-refractivity contribution in [1.82, 2.24) is 14.5 Å². The Bertz CT molecular complexity index is 1210. The lowest BCUT2D eigenvalue weighted by Gasteiger charge is -2.18. The van der Waals surface area contributed by atoms with Crippen molar-refractivity contribution in [2.24, 2.45) is 5.92 Å². The van der Waals surface area contributed by atoms with Gasteiger partial charge in [-0.25, -0.2) is 4.98 Å². The Morgan fingerprint density at radius 2 is 1.94 bits per heavy atom. The number of carbonyl (C=O) groups excluding carboxylic acids is 2. The zero-order valence-corrected chi connectivity index (χ0v) is 19.5. The van der Waals surface area contributed by atoms with E-state index in [1.807, 2.05) is 13.8 Å². The standard InChI is InChI=1S/C24H28N4O3S/c1-4-27(5-2)23(30)16-7-9-17(10-8-16)26-20(29)13-28-14-25-22-21(24(28)31)18-11-6-15(3)12-19(18)32-22/h7-10,14-15H,4-6,11-13H2,1-3H3,(H,26,29). The van der Waals surface area contributed by atoms with Crippen LogP contribution in [0.15, 0.2) is 35.4 Å². The summed E-state index contributed by atoms with van der Waals surface area (Å²) in [5.74, 6) is 0.276. The molecule has 0 spiro atoms. The van der Waals surface area contributed by atoms with Crippen molar-refractivity contribution in [1.29, 1.82) is 0 Å². The molecule has 2 aromatic heterocycles. The molecule has 3 aromatic rings. The maximum atomic E-state index is 13.1. The summed E-state index contributed by atoms with van der Waals surface area (Å²) in [6, 6.07) is 6.81. The Kier molecular flexibility index (Phi) is 6.41. The number of nitrogens with one attached hydrogen (secondary N) is 1. The highest BCUT2D eigenvalue weighted by molar-refractivity contribution is 7.18. The predicted octanol–water partition coefficient (Wildman–Crippen LogP) is 3.70.